The van der Waals surface area contributed by atoms with Crippen LogP contribution in [0.5, 0.6) is 5.75 Å². The lowest BCUT2D eigenvalue weighted by Crippen LogP contribution is -2.61. The molecule has 1 aliphatic rings. The first-order valence-electron chi connectivity index (χ1n) is 8.49. The van der Waals surface area contributed by atoms with E-state index < -0.39 is 5.41 Å². The quantitative estimate of drug-likeness (QED) is 0.635. The Morgan fingerprint density at radius 3 is 2.28 bits per heavy atom. The first-order chi connectivity index (χ1) is 12.0. The van der Waals surface area contributed by atoms with E-state index in [1.165, 1.54) is 16.3 Å². The average Bonchev–Trinajstić information content (AvgIpc) is 2.65. The summed E-state index contributed by atoms with van der Waals surface area (Å²) >= 11 is 0. The Morgan fingerprint density at radius 2 is 1.60 bits per heavy atom. The van der Waals surface area contributed by atoms with Gasteiger partial charge < -0.3 is 9.64 Å². The molecule has 1 aliphatic heterocycles. The van der Waals surface area contributed by atoms with Crippen molar-refractivity contribution in [3.05, 3.63) is 72.3 Å². The van der Waals surface area contributed by atoms with Crippen LogP contribution < -0.4 is 9.64 Å². The molecular weight excluding hydrogens is 310 g/mol. The predicted octanol–water partition coefficient (Wildman–Crippen LogP) is 4.96. The number of anilines is 1. The Bertz CT molecular complexity index is 944. The van der Waals surface area contributed by atoms with Crippen molar-refractivity contribution in [3.8, 4) is 5.75 Å². The number of fused-ring (bicyclic) bond motifs is 1. The van der Waals surface area contributed by atoms with E-state index in [0.29, 0.717) is 0 Å². The highest BCUT2D eigenvalue weighted by atomic mass is 16.5. The summed E-state index contributed by atoms with van der Waals surface area (Å²) in [6, 6.07) is 22.5. The molecule has 0 radical (unpaired) electrons. The van der Waals surface area contributed by atoms with E-state index in [-0.39, 0.29) is 11.9 Å². The second-order valence-electron chi connectivity index (χ2n) is 7.10. The van der Waals surface area contributed by atoms with Crippen molar-refractivity contribution in [3.63, 3.8) is 0 Å². The van der Waals surface area contributed by atoms with Gasteiger partial charge in [0, 0.05) is 5.69 Å². The van der Waals surface area contributed by atoms with E-state index >= 15 is 0 Å². The number of benzene rings is 3. The van der Waals surface area contributed by atoms with E-state index in [4.69, 9.17) is 4.74 Å². The zero-order valence-electron chi connectivity index (χ0n) is 14.7. The highest BCUT2D eigenvalue weighted by Crippen LogP contribution is 2.52. The normalized spacial score (nSPS) is 18.9. The van der Waals surface area contributed by atoms with Gasteiger partial charge in [-0.15, -0.1) is 0 Å². The molecule has 0 N–H and O–H groups in total. The Hall–Kier alpha value is -2.81. The van der Waals surface area contributed by atoms with E-state index in [0.717, 1.165) is 11.4 Å². The summed E-state index contributed by atoms with van der Waals surface area (Å²) in [6.45, 7) is 4.05. The molecular formula is C22H21NO2. The molecule has 4 rings (SSSR count). The van der Waals surface area contributed by atoms with E-state index in [9.17, 15) is 4.79 Å². The van der Waals surface area contributed by atoms with Gasteiger partial charge in [-0.25, -0.2) is 0 Å². The lowest BCUT2D eigenvalue weighted by molar-refractivity contribution is -0.137. The van der Waals surface area contributed by atoms with Gasteiger partial charge >= 0.3 is 0 Å². The third-order valence-corrected chi connectivity index (χ3v) is 5.15. The Balaban J connectivity index is 1.77. The maximum atomic E-state index is 12.8. The summed E-state index contributed by atoms with van der Waals surface area (Å²) in [5.41, 5.74) is 1.66. The van der Waals surface area contributed by atoms with Crippen LogP contribution in [-0.2, 0) is 4.79 Å². The van der Waals surface area contributed by atoms with Gasteiger partial charge in [0.15, 0.2) is 0 Å². The maximum Gasteiger partial charge on any atom is 0.235 e. The Morgan fingerprint density at radius 1 is 0.920 bits per heavy atom. The monoisotopic (exact) mass is 331 g/mol. The molecule has 25 heavy (non-hydrogen) atoms. The summed E-state index contributed by atoms with van der Waals surface area (Å²) in [4.78, 5) is 14.7. The van der Waals surface area contributed by atoms with Gasteiger partial charge in [0.25, 0.3) is 0 Å². The van der Waals surface area contributed by atoms with Gasteiger partial charge in [-0.1, -0.05) is 36.4 Å². The number of carbonyl (C=O) groups is 1. The average molecular weight is 331 g/mol. The summed E-state index contributed by atoms with van der Waals surface area (Å²) < 4.78 is 5.22. The zero-order chi connectivity index (χ0) is 17.6. The standard InChI is InChI=1S/C22H21NO2/c1-22(2)20(17-9-8-15-6-4-5-7-16(15)14-17)23(21(22)24)18-10-12-19(25-3)13-11-18/h4-14,20H,1-3H3/t20-/m0/s1. The van der Waals surface area contributed by atoms with Crippen molar-refractivity contribution in [2.45, 2.75) is 19.9 Å². The number of amides is 1. The molecule has 3 heteroatoms. The highest BCUT2D eigenvalue weighted by Gasteiger charge is 2.55. The minimum atomic E-state index is -0.414. The van der Waals surface area contributed by atoms with Gasteiger partial charge in [-0.05, 0) is 60.5 Å². The third kappa shape index (κ3) is 2.39. The second-order valence-corrected chi connectivity index (χ2v) is 7.10. The van der Waals surface area contributed by atoms with E-state index in [1.54, 1.807) is 7.11 Å². The number of hydrogen-bond donors (Lipinski definition) is 0. The molecule has 0 aromatic heterocycles. The summed E-state index contributed by atoms with van der Waals surface area (Å²) in [7, 11) is 1.64. The lowest BCUT2D eigenvalue weighted by Gasteiger charge is -2.53. The fraction of sp³-hybridized carbons (Fsp3) is 0.227. The zero-order valence-corrected chi connectivity index (χ0v) is 14.7. The van der Waals surface area contributed by atoms with Crippen molar-refractivity contribution >= 4 is 22.4 Å². The van der Waals surface area contributed by atoms with Gasteiger partial charge in [0.05, 0.1) is 18.6 Å². The summed E-state index contributed by atoms with van der Waals surface area (Å²) in [5, 5.41) is 2.41. The second kappa shape index (κ2) is 5.62. The maximum absolute atomic E-state index is 12.8. The molecule has 1 amide bonds. The van der Waals surface area contributed by atoms with Crippen LogP contribution in [-0.4, -0.2) is 13.0 Å². The molecule has 0 spiro atoms. The predicted molar refractivity (Wildman–Crippen MR) is 101 cm³/mol. The Labute approximate surface area is 147 Å². The largest absolute Gasteiger partial charge is 0.497 e. The van der Waals surface area contributed by atoms with Gasteiger partial charge in [-0.3, -0.25) is 4.79 Å². The van der Waals surface area contributed by atoms with Crippen LogP contribution in [0.25, 0.3) is 10.8 Å². The first-order valence-corrected chi connectivity index (χ1v) is 8.49. The van der Waals surface area contributed by atoms with Crippen LogP contribution in [0.3, 0.4) is 0 Å². The smallest absolute Gasteiger partial charge is 0.235 e. The van der Waals surface area contributed by atoms with Crippen LogP contribution in [0.1, 0.15) is 25.5 Å². The molecule has 0 bridgehead atoms. The number of rotatable bonds is 3. The summed E-state index contributed by atoms with van der Waals surface area (Å²) in [6.07, 6.45) is 0. The minimum absolute atomic E-state index is 0.0259. The van der Waals surface area contributed by atoms with Crippen LogP contribution in [0, 0.1) is 5.41 Å². The molecule has 1 atom stereocenters. The van der Waals surface area contributed by atoms with Crippen LogP contribution in [0.4, 0.5) is 5.69 Å². The molecule has 0 saturated carbocycles. The van der Waals surface area contributed by atoms with Gasteiger partial charge in [0.1, 0.15) is 5.75 Å². The van der Waals surface area contributed by atoms with E-state index in [1.807, 2.05) is 55.1 Å². The molecule has 1 fully saturated rings. The van der Waals surface area contributed by atoms with Crippen molar-refractivity contribution in [2.75, 3.05) is 12.0 Å². The highest BCUT2D eigenvalue weighted by molar-refractivity contribution is 6.06. The van der Waals surface area contributed by atoms with Crippen molar-refractivity contribution in [1.82, 2.24) is 0 Å². The van der Waals surface area contributed by atoms with Crippen LogP contribution in [0.2, 0.25) is 0 Å². The molecule has 3 nitrogen and oxygen atoms in total. The molecule has 1 heterocycles. The number of nitrogens with zero attached hydrogens (tertiary/aromatic N) is 1. The van der Waals surface area contributed by atoms with E-state index in [2.05, 4.69) is 30.3 Å². The minimum Gasteiger partial charge on any atom is -0.497 e. The number of β-lactam (4-membered cyclic amide) rings is 1. The SMILES string of the molecule is COc1ccc(N2C(=O)C(C)(C)[C@@H]2c2ccc3ccccc3c2)cc1. The molecule has 0 aliphatic carbocycles. The van der Waals surface area contributed by atoms with Gasteiger partial charge in [-0.2, -0.15) is 0 Å². The fourth-order valence-electron chi connectivity index (χ4n) is 3.75. The summed E-state index contributed by atoms with van der Waals surface area (Å²) in [5.74, 6) is 0.939. The molecule has 3 aromatic carbocycles. The number of hydrogen-bond acceptors (Lipinski definition) is 2. The fourth-order valence-corrected chi connectivity index (χ4v) is 3.75. The number of ether oxygens (including phenoxy) is 1. The third-order valence-electron chi connectivity index (χ3n) is 5.15. The van der Waals surface area contributed by atoms with Crippen molar-refractivity contribution < 1.29 is 9.53 Å². The molecule has 1 saturated heterocycles. The molecule has 0 unspecified atom stereocenters. The van der Waals surface area contributed by atoms with Gasteiger partial charge in [0.2, 0.25) is 5.91 Å². The number of methoxy groups -OCH3 is 1. The lowest BCUT2D eigenvalue weighted by atomic mass is 9.70. The van der Waals surface area contributed by atoms with Crippen molar-refractivity contribution in [2.24, 2.45) is 5.41 Å². The van der Waals surface area contributed by atoms with Crippen LogP contribution >= 0.6 is 0 Å². The molecule has 3 aromatic rings. The van der Waals surface area contributed by atoms with Crippen LogP contribution in [0.15, 0.2) is 66.7 Å². The molecule has 126 valence electrons. The number of carbonyl (C=O) groups excluding carboxylic acids is 1. The Kier molecular flexibility index (Phi) is 3.53. The first kappa shape index (κ1) is 15.7. The topological polar surface area (TPSA) is 29.5 Å². The van der Waals surface area contributed by atoms with Crippen molar-refractivity contribution in [1.29, 1.82) is 0 Å².